The molecule has 0 aliphatic carbocycles. The Balaban J connectivity index is 2.07. The van der Waals surface area contributed by atoms with E-state index in [1.807, 2.05) is 0 Å². The number of primary sulfonamides is 1. The number of nitrogens with one attached hydrogen (secondary N) is 2. The first-order valence-corrected chi connectivity index (χ1v) is 6.90. The highest BCUT2D eigenvalue weighted by atomic mass is 32.2. The van der Waals surface area contributed by atoms with Crippen molar-refractivity contribution in [3.8, 4) is 0 Å². The van der Waals surface area contributed by atoms with Gasteiger partial charge in [-0.25, -0.2) is 18.5 Å². The number of sulfonamides is 1. The van der Waals surface area contributed by atoms with Crippen LogP contribution in [0.5, 0.6) is 0 Å². The molecule has 0 saturated heterocycles. The molecule has 4 N–H and O–H groups in total. The van der Waals surface area contributed by atoms with Crippen molar-refractivity contribution in [3.05, 3.63) is 52.6 Å². The fourth-order valence-corrected chi connectivity index (χ4v) is 1.97. The third-order valence-corrected chi connectivity index (χ3v) is 3.33. The molecule has 0 aliphatic rings. The third-order valence-electron chi connectivity index (χ3n) is 2.40. The fourth-order valence-electron chi connectivity index (χ4n) is 1.45. The van der Waals surface area contributed by atoms with Gasteiger partial charge in [-0.05, 0) is 17.7 Å². The maximum Gasteiger partial charge on any atom is 0.252 e. The number of nitrogens with zero attached hydrogens (tertiary/aromatic N) is 1. The quantitative estimate of drug-likeness (QED) is 0.730. The lowest BCUT2D eigenvalue weighted by atomic mass is 10.2. The average Bonchev–Trinajstić information content (AvgIpc) is 2.36. The molecule has 19 heavy (non-hydrogen) atoms. The Morgan fingerprint density at radius 3 is 2.53 bits per heavy atom. The van der Waals surface area contributed by atoms with Crippen LogP contribution in [0, 0.1) is 0 Å². The molecule has 0 unspecified atom stereocenters. The van der Waals surface area contributed by atoms with Gasteiger partial charge in [-0.1, -0.05) is 12.1 Å². The third kappa shape index (κ3) is 3.63. The van der Waals surface area contributed by atoms with Crippen molar-refractivity contribution in [1.82, 2.24) is 9.97 Å². The van der Waals surface area contributed by atoms with Crippen molar-refractivity contribution in [1.29, 1.82) is 0 Å². The molecule has 2 aromatic rings. The van der Waals surface area contributed by atoms with E-state index in [9.17, 15) is 13.2 Å². The molecule has 1 aromatic carbocycles. The summed E-state index contributed by atoms with van der Waals surface area (Å²) in [4.78, 5) is 17.4. The van der Waals surface area contributed by atoms with Gasteiger partial charge in [0.1, 0.15) is 5.82 Å². The van der Waals surface area contributed by atoms with Crippen LogP contribution in [0.1, 0.15) is 5.56 Å². The summed E-state index contributed by atoms with van der Waals surface area (Å²) in [5.74, 6) is 0.444. The number of benzene rings is 1. The van der Waals surface area contributed by atoms with Crippen molar-refractivity contribution in [2.24, 2.45) is 5.14 Å². The van der Waals surface area contributed by atoms with Crippen LogP contribution in [0.25, 0.3) is 0 Å². The van der Waals surface area contributed by atoms with Crippen LogP contribution in [-0.2, 0) is 16.6 Å². The highest BCUT2D eigenvalue weighted by Gasteiger charge is 2.06. The van der Waals surface area contributed by atoms with Gasteiger partial charge in [0.2, 0.25) is 10.0 Å². The highest BCUT2D eigenvalue weighted by Crippen LogP contribution is 2.09. The van der Waals surface area contributed by atoms with E-state index >= 15 is 0 Å². The SMILES string of the molecule is NS(=O)(=O)c1ccc(CNc2cc(=O)[nH]cn2)cc1. The summed E-state index contributed by atoms with van der Waals surface area (Å²) >= 11 is 0. The van der Waals surface area contributed by atoms with Gasteiger partial charge in [-0.2, -0.15) is 0 Å². The first-order chi connectivity index (χ1) is 8.95. The number of aromatic nitrogens is 2. The predicted octanol–water partition coefficient (Wildman–Crippen LogP) is 0.0294. The number of anilines is 1. The second kappa shape index (κ2) is 5.21. The smallest absolute Gasteiger partial charge is 0.252 e. The number of H-pyrrole nitrogens is 1. The molecule has 0 atom stereocenters. The summed E-state index contributed by atoms with van der Waals surface area (Å²) in [5, 5.41) is 7.95. The van der Waals surface area contributed by atoms with Crippen LogP contribution >= 0.6 is 0 Å². The Labute approximate surface area is 109 Å². The van der Waals surface area contributed by atoms with Gasteiger partial charge in [-0.3, -0.25) is 4.79 Å². The molecular weight excluding hydrogens is 268 g/mol. The Morgan fingerprint density at radius 1 is 1.26 bits per heavy atom. The second-order valence-corrected chi connectivity index (χ2v) is 5.40. The zero-order chi connectivity index (χ0) is 13.9. The molecule has 0 spiro atoms. The van der Waals surface area contributed by atoms with Gasteiger partial charge in [0.15, 0.2) is 0 Å². The Morgan fingerprint density at radius 2 is 1.95 bits per heavy atom. The zero-order valence-electron chi connectivity index (χ0n) is 9.83. The molecule has 0 radical (unpaired) electrons. The van der Waals surface area contributed by atoms with Gasteiger partial charge < -0.3 is 10.3 Å². The van der Waals surface area contributed by atoms with Crippen LogP contribution in [0.3, 0.4) is 0 Å². The number of aromatic amines is 1. The number of hydrogen-bond acceptors (Lipinski definition) is 5. The van der Waals surface area contributed by atoms with E-state index in [2.05, 4.69) is 15.3 Å². The maximum atomic E-state index is 11.1. The predicted molar refractivity (Wildman–Crippen MR) is 70.0 cm³/mol. The van der Waals surface area contributed by atoms with Crippen LogP contribution in [0.4, 0.5) is 5.82 Å². The van der Waals surface area contributed by atoms with Crippen molar-refractivity contribution in [2.45, 2.75) is 11.4 Å². The molecule has 7 nitrogen and oxygen atoms in total. The topological polar surface area (TPSA) is 118 Å². The van der Waals surface area contributed by atoms with E-state index in [1.54, 1.807) is 12.1 Å². The van der Waals surface area contributed by atoms with Crippen LogP contribution in [0.15, 0.2) is 46.3 Å². The molecule has 0 aliphatic heterocycles. The van der Waals surface area contributed by atoms with Gasteiger partial charge >= 0.3 is 0 Å². The van der Waals surface area contributed by atoms with E-state index < -0.39 is 10.0 Å². The largest absolute Gasteiger partial charge is 0.366 e. The van der Waals surface area contributed by atoms with E-state index in [1.165, 1.54) is 24.5 Å². The molecule has 0 saturated carbocycles. The second-order valence-electron chi connectivity index (χ2n) is 3.84. The Kier molecular flexibility index (Phi) is 3.63. The van der Waals surface area contributed by atoms with E-state index in [4.69, 9.17) is 5.14 Å². The van der Waals surface area contributed by atoms with Crippen LogP contribution in [-0.4, -0.2) is 18.4 Å². The summed E-state index contributed by atoms with van der Waals surface area (Å²) in [6.07, 6.45) is 1.30. The molecule has 0 fully saturated rings. The minimum atomic E-state index is -3.67. The van der Waals surface area contributed by atoms with Crippen molar-refractivity contribution in [3.63, 3.8) is 0 Å². The maximum absolute atomic E-state index is 11.1. The average molecular weight is 280 g/mol. The molecule has 1 heterocycles. The minimum Gasteiger partial charge on any atom is -0.366 e. The molecule has 1 aromatic heterocycles. The monoisotopic (exact) mass is 280 g/mol. The standard InChI is InChI=1S/C11H12N4O3S/c12-19(17,18)9-3-1-8(2-4-9)6-13-10-5-11(16)15-7-14-10/h1-5,7H,6H2,(H2,12,17,18)(H2,13,14,15,16). The lowest BCUT2D eigenvalue weighted by Crippen LogP contribution is -2.12. The first-order valence-electron chi connectivity index (χ1n) is 5.35. The van der Waals surface area contributed by atoms with Crippen molar-refractivity contribution in [2.75, 3.05) is 5.32 Å². The Bertz CT molecular complexity index is 722. The van der Waals surface area contributed by atoms with Crippen LogP contribution < -0.4 is 16.0 Å². The number of hydrogen-bond donors (Lipinski definition) is 3. The molecule has 100 valence electrons. The van der Waals surface area contributed by atoms with Gasteiger partial charge in [0.05, 0.1) is 11.2 Å². The summed E-state index contributed by atoms with van der Waals surface area (Å²) in [7, 11) is -3.67. The molecular formula is C11H12N4O3S. The summed E-state index contributed by atoms with van der Waals surface area (Å²) in [5.41, 5.74) is 0.594. The minimum absolute atomic E-state index is 0.0607. The molecule has 2 rings (SSSR count). The van der Waals surface area contributed by atoms with Crippen LogP contribution in [0.2, 0.25) is 0 Å². The van der Waals surface area contributed by atoms with E-state index in [0.717, 1.165) is 5.56 Å². The fraction of sp³-hybridized carbons (Fsp3) is 0.0909. The first kappa shape index (κ1) is 13.2. The summed E-state index contributed by atoms with van der Waals surface area (Å²) in [6, 6.07) is 7.47. The summed E-state index contributed by atoms with van der Waals surface area (Å²) < 4.78 is 22.1. The summed E-state index contributed by atoms with van der Waals surface area (Å²) in [6.45, 7) is 0.418. The van der Waals surface area contributed by atoms with Gasteiger partial charge in [0, 0.05) is 12.6 Å². The lowest BCUT2D eigenvalue weighted by Gasteiger charge is -2.05. The van der Waals surface area contributed by atoms with E-state index in [-0.39, 0.29) is 10.5 Å². The molecule has 8 heteroatoms. The number of rotatable bonds is 4. The van der Waals surface area contributed by atoms with Crippen molar-refractivity contribution >= 4 is 15.8 Å². The van der Waals surface area contributed by atoms with Gasteiger partial charge in [0.25, 0.3) is 5.56 Å². The highest BCUT2D eigenvalue weighted by molar-refractivity contribution is 7.89. The lowest BCUT2D eigenvalue weighted by molar-refractivity contribution is 0.598. The van der Waals surface area contributed by atoms with E-state index in [0.29, 0.717) is 12.4 Å². The number of nitrogens with two attached hydrogens (primary N) is 1. The molecule has 0 bridgehead atoms. The van der Waals surface area contributed by atoms with Gasteiger partial charge in [-0.15, -0.1) is 0 Å². The zero-order valence-corrected chi connectivity index (χ0v) is 10.6. The molecule has 0 amide bonds. The van der Waals surface area contributed by atoms with Crippen molar-refractivity contribution < 1.29 is 8.42 Å². The Hall–Kier alpha value is -2.19. The normalized spacial score (nSPS) is 11.2.